The smallest absolute Gasteiger partial charge is 0.320 e. The number of carbonyl (C=O) groups excluding carboxylic acids is 1. The molecule has 20 heavy (non-hydrogen) atoms. The van der Waals surface area contributed by atoms with Gasteiger partial charge >= 0.3 is 6.03 Å². The first-order chi connectivity index (χ1) is 9.84. The van der Waals surface area contributed by atoms with Crippen molar-refractivity contribution >= 4 is 6.03 Å². The highest BCUT2D eigenvalue weighted by atomic mass is 16.5. The molecule has 0 aromatic heterocycles. The van der Waals surface area contributed by atoms with Crippen LogP contribution >= 0.6 is 0 Å². The molecular weight excluding hydrogens is 252 g/mol. The molecule has 2 heterocycles. The van der Waals surface area contributed by atoms with Crippen molar-refractivity contribution in [1.29, 1.82) is 0 Å². The number of amides is 2. The number of rotatable bonds is 0. The Morgan fingerprint density at radius 1 is 0.950 bits per heavy atom. The molecule has 1 aromatic rings. The average molecular weight is 274 g/mol. The molecule has 4 nitrogen and oxygen atoms in total. The van der Waals surface area contributed by atoms with Crippen LogP contribution in [-0.2, 0) is 6.54 Å². The van der Waals surface area contributed by atoms with Gasteiger partial charge in [0.25, 0.3) is 0 Å². The lowest BCUT2D eigenvalue weighted by atomic mass is 10.2. The van der Waals surface area contributed by atoms with E-state index < -0.39 is 0 Å². The van der Waals surface area contributed by atoms with Gasteiger partial charge in [0.2, 0.25) is 0 Å². The minimum absolute atomic E-state index is 0.173. The van der Waals surface area contributed by atoms with Gasteiger partial charge in [0.05, 0.1) is 13.1 Å². The van der Waals surface area contributed by atoms with Crippen molar-refractivity contribution < 1.29 is 9.53 Å². The zero-order valence-corrected chi connectivity index (χ0v) is 11.9. The summed E-state index contributed by atoms with van der Waals surface area (Å²) in [6.45, 7) is 3.71. The molecule has 2 aliphatic heterocycles. The predicted octanol–water partition coefficient (Wildman–Crippen LogP) is 2.88. The Morgan fingerprint density at radius 2 is 1.70 bits per heavy atom. The molecule has 4 heteroatoms. The molecule has 1 saturated heterocycles. The maximum Gasteiger partial charge on any atom is 0.320 e. The second-order valence-electron chi connectivity index (χ2n) is 5.56. The normalized spacial score (nSPS) is 19.6. The van der Waals surface area contributed by atoms with Gasteiger partial charge in [-0.1, -0.05) is 31.0 Å². The third-order valence-corrected chi connectivity index (χ3v) is 4.10. The Kier molecular flexibility index (Phi) is 4.09. The molecule has 0 N–H and O–H groups in total. The largest absolute Gasteiger partial charge is 0.491 e. The summed E-state index contributed by atoms with van der Waals surface area (Å²) in [4.78, 5) is 16.6. The van der Waals surface area contributed by atoms with E-state index in [-0.39, 0.29) is 6.03 Å². The highest BCUT2D eigenvalue weighted by molar-refractivity contribution is 5.74. The fraction of sp³-hybridized carbons (Fsp3) is 0.562. The van der Waals surface area contributed by atoms with E-state index in [1.165, 1.54) is 12.8 Å². The van der Waals surface area contributed by atoms with Gasteiger partial charge in [-0.05, 0) is 18.9 Å². The number of hydrogen-bond acceptors (Lipinski definition) is 2. The van der Waals surface area contributed by atoms with Crippen molar-refractivity contribution in [3.05, 3.63) is 29.8 Å². The third-order valence-electron chi connectivity index (χ3n) is 4.10. The van der Waals surface area contributed by atoms with E-state index in [0.29, 0.717) is 19.7 Å². The number of nitrogens with zero attached hydrogens (tertiary/aromatic N) is 2. The number of fused-ring (bicyclic) bond motifs is 1. The summed E-state index contributed by atoms with van der Waals surface area (Å²) in [5.41, 5.74) is 1.10. The lowest BCUT2D eigenvalue weighted by Gasteiger charge is -2.28. The minimum atomic E-state index is 0.173. The van der Waals surface area contributed by atoms with Gasteiger partial charge in [0.15, 0.2) is 0 Å². The summed E-state index contributed by atoms with van der Waals surface area (Å²) in [7, 11) is 0. The van der Waals surface area contributed by atoms with Crippen LogP contribution in [-0.4, -0.2) is 42.1 Å². The summed E-state index contributed by atoms with van der Waals surface area (Å²) >= 11 is 0. The number of hydrogen-bond donors (Lipinski definition) is 0. The molecule has 0 saturated carbocycles. The van der Waals surface area contributed by atoms with Gasteiger partial charge in [-0.15, -0.1) is 0 Å². The number of likely N-dealkylation sites (tertiary alicyclic amines) is 1. The number of urea groups is 1. The van der Waals surface area contributed by atoms with Crippen LogP contribution in [0.4, 0.5) is 4.79 Å². The molecule has 108 valence electrons. The van der Waals surface area contributed by atoms with Gasteiger partial charge in [-0.3, -0.25) is 0 Å². The maximum atomic E-state index is 12.7. The van der Waals surface area contributed by atoms with Crippen molar-refractivity contribution in [2.75, 3.05) is 26.2 Å². The van der Waals surface area contributed by atoms with E-state index in [2.05, 4.69) is 0 Å². The summed E-state index contributed by atoms with van der Waals surface area (Å²) in [6.07, 6.45) is 4.75. The molecule has 2 amide bonds. The molecule has 3 rings (SSSR count). The first-order valence-corrected chi connectivity index (χ1v) is 7.59. The van der Waals surface area contributed by atoms with Crippen molar-refractivity contribution in [3.8, 4) is 5.75 Å². The van der Waals surface area contributed by atoms with Gasteiger partial charge in [-0.25, -0.2) is 4.79 Å². The Hall–Kier alpha value is -1.71. The molecule has 0 spiro atoms. The van der Waals surface area contributed by atoms with E-state index in [1.54, 1.807) is 0 Å². The fourth-order valence-corrected chi connectivity index (χ4v) is 2.95. The zero-order valence-electron chi connectivity index (χ0n) is 11.9. The Labute approximate surface area is 120 Å². The van der Waals surface area contributed by atoms with Crippen LogP contribution in [0.3, 0.4) is 0 Å². The molecule has 0 unspecified atom stereocenters. The standard InChI is InChI=1S/C16H22N2O2/c19-16(17-9-5-1-2-6-10-17)18-11-12-20-15-8-4-3-7-14(15)13-18/h3-4,7-8H,1-2,5-6,9-13H2. The Balaban J connectivity index is 1.71. The highest BCUT2D eigenvalue weighted by Crippen LogP contribution is 2.23. The zero-order chi connectivity index (χ0) is 13.8. The molecule has 1 aromatic carbocycles. The van der Waals surface area contributed by atoms with Gasteiger partial charge < -0.3 is 14.5 Å². The van der Waals surface area contributed by atoms with Crippen LogP contribution in [0.5, 0.6) is 5.75 Å². The Morgan fingerprint density at radius 3 is 2.50 bits per heavy atom. The second kappa shape index (κ2) is 6.16. The van der Waals surface area contributed by atoms with Crippen molar-refractivity contribution in [3.63, 3.8) is 0 Å². The van der Waals surface area contributed by atoms with Crippen LogP contribution in [0.15, 0.2) is 24.3 Å². The molecule has 0 radical (unpaired) electrons. The quantitative estimate of drug-likeness (QED) is 0.728. The van der Waals surface area contributed by atoms with Crippen LogP contribution in [0, 0.1) is 0 Å². The summed E-state index contributed by atoms with van der Waals surface area (Å²) < 4.78 is 5.73. The van der Waals surface area contributed by atoms with E-state index in [1.807, 2.05) is 34.1 Å². The maximum absolute atomic E-state index is 12.7. The number of benzene rings is 1. The number of ether oxygens (including phenoxy) is 1. The third kappa shape index (κ3) is 2.89. The number of para-hydroxylation sites is 1. The monoisotopic (exact) mass is 274 g/mol. The minimum Gasteiger partial charge on any atom is -0.491 e. The van der Waals surface area contributed by atoms with Crippen LogP contribution in [0.1, 0.15) is 31.2 Å². The van der Waals surface area contributed by atoms with Gasteiger partial charge in [0, 0.05) is 18.7 Å². The molecule has 0 atom stereocenters. The summed E-state index contributed by atoms with van der Waals surface area (Å²) in [5, 5.41) is 0. The van der Waals surface area contributed by atoms with E-state index in [9.17, 15) is 4.79 Å². The first-order valence-electron chi connectivity index (χ1n) is 7.59. The predicted molar refractivity (Wildman–Crippen MR) is 77.8 cm³/mol. The molecular formula is C16H22N2O2. The SMILES string of the molecule is O=C(N1CCCCCC1)N1CCOc2ccccc2C1. The summed E-state index contributed by atoms with van der Waals surface area (Å²) in [5.74, 6) is 0.915. The van der Waals surface area contributed by atoms with Gasteiger partial charge in [0.1, 0.15) is 12.4 Å². The number of carbonyl (C=O) groups is 1. The van der Waals surface area contributed by atoms with E-state index in [4.69, 9.17) is 4.74 Å². The second-order valence-corrected chi connectivity index (χ2v) is 5.56. The molecule has 2 aliphatic rings. The van der Waals surface area contributed by atoms with E-state index >= 15 is 0 Å². The van der Waals surface area contributed by atoms with Gasteiger partial charge in [-0.2, -0.15) is 0 Å². The summed E-state index contributed by atoms with van der Waals surface area (Å²) in [6, 6.07) is 8.18. The Bertz CT molecular complexity index is 467. The van der Waals surface area contributed by atoms with Crippen LogP contribution in [0.2, 0.25) is 0 Å². The van der Waals surface area contributed by atoms with E-state index in [0.717, 1.165) is 37.2 Å². The average Bonchev–Trinajstić information content (AvgIpc) is 2.87. The van der Waals surface area contributed by atoms with Crippen molar-refractivity contribution in [2.24, 2.45) is 0 Å². The lowest BCUT2D eigenvalue weighted by Crippen LogP contribution is -2.44. The topological polar surface area (TPSA) is 32.8 Å². The fourth-order valence-electron chi connectivity index (χ4n) is 2.95. The molecule has 0 bridgehead atoms. The molecule has 1 fully saturated rings. The first kappa shape index (κ1) is 13.3. The van der Waals surface area contributed by atoms with Crippen LogP contribution in [0.25, 0.3) is 0 Å². The van der Waals surface area contributed by atoms with Crippen molar-refractivity contribution in [2.45, 2.75) is 32.2 Å². The lowest BCUT2D eigenvalue weighted by molar-refractivity contribution is 0.147. The molecule has 0 aliphatic carbocycles. The van der Waals surface area contributed by atoms with Crippen molar-refractivity contribution in [1.82, 2.24) is 9.80 Å². The van der Waals surface area contributed by atoms with Crippen LogP contribution < -0.4 is 4.74 Å². The highest BCUT2D eigenvalue weighted by Gasteiger charge is 2.24.